The van der Waals surface area contributed by atoms with E-state index in [1.807, 2.05) is 0 Å². The fourth-order valence-corrected chi connectivity index (χ4v) is 2.43. The first-order chi connectivity index (χ1) is 12.3. The monoisotopic (exact) mass is 400 g/mol. The highest BCUT2D eigenvalue weighted by Crippen LogP contribution is 2.23. The summed E-state index contributed by atoms with van der Waals surface area (Å²) in [5.41, 5.74) is 0.392. The Bertz CT molecular complexity index is 832. The van der Waals surface area contributed by atoms with Crippen molar-refractivity contribution in [3.63, 3.8) is 0 Å². The van der Waals surface area contributed by atoms with Crippen molar-refractivity contribution < 1.29 is 23.5 Å². The summed E-state index contributed by atoms with van der Waals surface area (Å²) in [4.78, 5) is 27.9. The molecular formula is C17H15Cl2FN2O4. The molecule has 138 valence electrons. The van der Waals surface area contributed by atoms with E-state index in [0.29, 0.717) is 10.6 Å². The van der Waals surface area contributed by atoms with Gasteiger partial charge in [0, 0.05) is 6.20 Å². The molecule has 0 aliphatic heterocycles. The number of hydrogen-bond acceptors (Lipinski definition) is 5. The van der Waals surface area contributed by atoms with Crippen LogP contribution in [0.15, 0.2) is 30.5 Å². The van der Waals surface area contributed by atoms with E-state index in [1.165, 1.54) is 44.5 Å². The normalized spacial score (nSPS) is 11.6. The maximum atomic E-state index is 13.6. The first-order valence-corrected chi connectivity index (χ1v) is 8.19. The molecule has 6 nitrogen and oxygen atoms in total. The Labute approximate surface area is 159 Å². The summed E-state index contributed by atoms with van der Waals surface area (Å²) >= 11 is 11.6. The Morgan fingerprint density at radius 3 is 2.65 bits per heavy atom. The molecular weight excluding hydrogens is 386 g/mol. The van der Waals surface area contributed by atoms with Crippen LogP contribution in [0.4, 0.5) is 10.2 Å². The lowest BCUT2D eigenvalue weighted by molar-refractivity contribution is -0.152. The van der Waals surface area contributed by atoms with Gasteiger partial charge >= 0.3 is 5.97 Å². The minimum Gasteiger partial charge on any atom is -0.494 e. The van der Waals surface area contributed by atoms with E-state index in [-0.39, 0.29) is 23.0 Å². The minimum absolute atomic E-state index is 0.0715. The molecule has 0 radical (unpaired) electrons. The number of anilines is 1. The van der Waals surface area contributed by atoms with Gasteiger partial charge in [0.15, 0.2) is 23.5 Å². The lowest BCUT2D eigenvalue weighted by Gasteiger charge is -2.14. The van der Waals surface area contributed by atoms with E-state index in [9.17, 15) is 14.0 Å². The molecule has 0 saturated heterocycles. The van der Waals surface area contributed by atoms with Gasteiger partial charge in [0.25, 0.3) is 5.91 Å². The van der Waals surface area contributed by atoms with Crippen LogP contribution in [0.5, 0.6) is 5.75 Å². The second kappa shape index (κ2) is 8.82. The number of hydrogen-bond donors (Lipinski definition) is 1. The molecule has 0 bridgehead atoms. The summed E-state index contributed by atoms with van der Waals surface area (Å²) in [5.74, 6) is -1.72. The molecule has 0 saturated carbocycles. The third-order valence-corrected chi connectivity index (χ3v) is 3.79. The summed E-state index contributed by atoms with van der Waals surface area (Å²) in [6, 6.07) is 5.52. The smallest absolute Gasteiger partial charge is 0.311 e. The highest BCUT2D eigenvalue weighted by atomic mass is 35.5. The maximum Gasteiger partial charge on any atom is 0.311 e. The van der Waals surface area contributed by atoms with Crippen LogP contribution in [0.25, 0.3) is 0 Å². The topological polar surface area (TPSA) is 77.5 Å². The molecule has 1 aromatic heterocycles. The summed E-state index contributed by atoms with van der Waals surface area (Å²) in [7, 11) is 1.34. The number of methoxy groups -OCH3 is 1. The number of pyridine rings is 1. The Morgan fingerprint density at radius 1 is 1.31 bits per heavy atom. The zero-order chi connectivity index (χ0) is 19.3. The van der Waals surface area contributed by atoms with Crippen molar-refractivity contribution in [2.75, 3.05) is 12.4 Å². The van der Waals surface area contributed by atoms with Crippen molar-refractivity contribution >= 4 is 40.9 Å². The van der Waals surface area contributed by atoms with E-state index in [4.69, 9.17) is 32.7 Å². The number of amides is 1. The minimum atomic E-state index is -1.10. The Kier molecular flexibility index (Phi) is 6.76. The van der Waals surface area contributed by atoms with Crippen molar-refractivity contribution in [2.45, 2.75) is 19.4 Å². The zero-order valence-electron chi connectivity index (χ0n) is 13.9. The SMILES string of the molecule is COc1ccc(CC(=O)O[C@H](C)C(=O)Nc2ncc(Cl)cc2Cl)cc1F. The van der Waals surface area contributed by atoms with Crippen LogP contribution >= 0.6 is 23.2 Å². The number of benzene rings is 1. The van der Waals surface area contributed by atoms with Gasteiger partial charge in [0.1, 0.15) is 0 Å². The molecule has 1 heterocycles. The van der Waals surface area contributed by atoms with Gasteiger partial charge in [-0.2, -0.15) is 0 Å². The molecule has 1 amide bonds. The zero-order valence-corrected chi connectivity index (χ0v) is 15.4. The van der Waals surface area contributed by atoms with Crippen LogP contribution in [-0.2, 0) is 20.7 Å². The van der Waals surface area contributed by atoms with Crippen LogP contribution in [0.2, 0.25) is 10.0 Å². The second-order valence-corrected chi connectivity index (χ2v) is 6.09. The van der Waals surface area contributed by atoms with E-state index >= 15 is 0 Å². The molecule has 0 aliphatic rings. The largest absolute Gasteiger partial charge is 0.494 e. The van der Waals surface area contributed by atoms with Gasteiger partial charge in [-0.25, -0.2) is 9.37 Å². The van der Waals surface area contributed by atoms with Gasteiger partial charge in [-0.15, -0.1) is 0 Å². The van der Waals surface area contributed by atoms with Gasteiger partial charge in [0.05, 0.1) is 23.6 Å². The summed E-state index contributed by atoms with van der Waals surface area (Å²) in [6.07, 6.45) is 0.0234. The van der Waals surface area contributed by atoms with Crippen molar-refractivity contribution in [1.29, 1.82) is 0 Å². The lowest BCUT2D eigenvalue weighted by atomic mass is 10.1. The van der Waals surface area contributed by atoms with Gasteiger partial charge in [-0.3, -0.25) is 9.59 Å². The number of rotatable bonds is 6. The molecule has 2 rings (SSSR count). The van der Waals surface area contributed by atoms with Crippen LogP contribution in [0.3, 0.4) is 0 Å². The highest BCUT2D eigenvalue weighted by Gasteiger charge is 2.20. The molecule has 0 unspecified atom stereocenters. The number of carbonyl (C=O) groups excluding carboxylic acids is 2. The highest BCUT2D eigenvalue weighted by molar-refractivity contribution is 6.36. The fraction of sp³-hybridized carbons (Fsp3) is 0.235. The van der Waals surface area contributed by atoms with Gasteiger partial charge in [-0.05, 0) is 30.7 Å². The molecule has 26 heavy (non-hydrogen) atoms. The van der Waals surface area contributed by atoms with E-state index < -0.39 is 23.8 Å². The van der Waals surface area contributed by atoms with E-state index in [0.717, 1.165) is 0 Å². The lowest BCUT2D eigenvalue weighted by Crippen LogP contribution is -2.30. The number of carbonyl (C=O) groups is 2. The Hall–Kier alpha value is -2.38. The van der Waals surface area contributed by atoms with Gasteiger partial charge < -0.3 is 14.8 Å². The molecule has 2 aromatic rings. The maximum absolute atomic E-state index is 13.6. The average molecular weight is 401 g/mol. The number of halogens is 3. The first kappa shape index (κ1) is 19.9. The standard InChI is InChI=1S/C17H15Cl2FN2O4/c1-9(17(24)22-16-12(19)7-11(18)8-21-16)26-15(23)6-10-3-4-14(25-2)13(20)5-10/h3-5,7-9H,6H2,1-2H3,(H,21,22,24)/t9-/m1/s1. The van der Waals surface area contributed by atoms with E-state index in [2.05, 4.69) is 10.3 Å². The van der Waals surface area contributed by atoms with Gasteiger partial charge in [-0.1, -0.05) is 29.3 Å². The summed E-state index contributed by atoms with van der Waals surface area (Å²) < 4.78 is 23.5. The number of nitrogens with one attached hydrogen (secondary N) is 1. The number of aromatic nitrogens is 1. The van der Waals surface area contributed by atoms with Crippen LogP contribution < -0.4 is 10.1 Å². The van der Waals surface area contributed by atoms with Crippen LogP contribution in [0, 0.1) is 5.82 Å². The first-order valence-electron chi connectivity index (χ1n) is 7.44. The van der Waals surface area contributed by atoms with Crippen molar-refractivity contribution in [1.82, 2.24) is 4.98 Å². The van der Waals surface area contributed by atoms with Gasteiger partial charge in [0.2, 0.25) is 0 Å². The molecule has 1 aromatic carbocycles. The predicted molar refractivity (Wildman–Crippen MR) is 95.1 cm³/mol. The third kappa shape index (κ3) is 5.31. The quantitative estimate of drug-likeness (QED) is 0.748. The molecule has 0 spiro atoms. The molecule has 9 heteroatoms. The number of esters is 1. The second-order valence-electron chi connectivity index (χ2n) is 5.25. The molecule has 0 aliphatic carbocycles. The summed E-state index contributed by atoms with van der Waals surface area (Å²) in [5, 5.41) is 2.91. The summed E-state index contributed by atoms with van der Waals surface area (Å²) in [6.45, 7) is 1.39. The van der Waals surface area contributed by atoms with Crippen LogP contribution in [0.1, 0.15) is 12.5 Å². The third-order valence-electron chi connectivity index (χ3n) is 3.29. The average Bonchev–Trinajstić information content (AvgIpc) is 2.57. The Morgan fingerprint density at radius 2 is 2.04 bits per heavy atom. The fourth-order valence-electron chi connectivity index (χ4n) is 2.00. The molecule has 0 fully saturated rings. The predicted octanol–water partition coefficient (Wildman–Crippen LogP) is 3.65. The molecule has 1 atom stereocenters. The number of ether oxygens (including phenoxy) is 2. The van der Waals surface area contributed by atoms with E-state index in [1.54, 1.807) is 0 Å². The molecule has 1 N–H and O–H groups in total. The van der Waals surface area contributed by atoms with Crippen LogP contribution in [-0.4, -0.2) is 30.1 Å². The number of nitrogens with zero attached hydrogens (tertiary/aromatic N) is 1. The van der Waals surface area contributed by atoms with Crippen molar-refractivity contribution in [3.8, 4) is 5.75 Å². The van der Waals surface area contributed by atoms with Crippen molar-refractivity contribution in [3.05, 3.63) is 51.9 Å². The van der Waals surface area contributed by atoms with Crippen molar-refractivity contribution in [2.24, 2.45) is 0 Å². The Balaban J connectivity index is 1.93.